The Labute approximate surface area is 112 Å². The molecule has 4 atom stereocenters. The van der Waals surface area contributed by atoms with E-state index in [9.17, 15) is 14.4 Å². The van der Waals surface area contributed by atoms with Crippen LogP contribution < -0.4 is 5.32 Å². The molecule has 1 heterocycles. The Bertz CT molecular complexity index is 409. The van der Waals surface area contributed by atoms with Gasteiger partial charge < -0.3 is 15.3 Å². The fourth-order valence-corrected chi connectivity index (χ4v) is 3.09. The summed E-state index contributed by atoms with van der Waals surface area (Å²) >= 11 is 0. The Morgan fingerprint density at radius 1 is 1.32 bits per heavy atom. The number of aliphatic carboxylic acids is 1. The van der Waals surface area contributed by atoms with Gasteiger partial charge in [0.15, 0.2) is 0 Å². The number of likely N-dealkylation sites (tertiary alicyclic amines) is 1. The third kappa shape index (κ3) is 2.72. The fraction of sp³-hybridized carbons (Fsp3) is 0.769. The topological polar surface area (TPSA) is 86.7 Å². The van der Waals surface area contributed by atoms with Crippen LogP contribution in [-0.2, 0) is 14.4 Å². The first-order valence-corrected chi connectivity index (χ1v) is 6.68. The van der Waals surface area contributed by atoms with Crippen molar-refractivity contribution in [1.82, 2.24) is 10.2 Å². The highest BCUT2D eigenvalue weighted by Crippen LogP contribution is 2.36. The molecule has 2 fully saturated rings. The SMILES string of the molecule is CC1C[C@H](C(=O)NC2CCN(C)C2=O)[C@H](C(=O)O)C1. The van der Waals surface area contributed by atoms with E-state index < -0.39 is 23.8 Å². The van der Waals surface area contributed by atoms with Crippen LogP contribution in [0.1, 0.15) is 26.2 Å². The van der Waals surface area contributed by atoms with Gasteiger partial charge in [0.05, 0.1) is 11.8 Å². The molecule has 0 bridgehead atoms. The van der Waals surface area contributed by atoms with E-state index in [1.54, 1.807) is 11.9 Å². The van der Waals surface area contributed by atoms with Crippen LogP contribution in [0.2, 0.25) is 0 Å². The van der Waals surface area contributed by atoms with E-state index in [4.69, 9.17) is 5.11 Å². The van der Waals surface area contributed by atoms with Crippen LogP contribution in [0.5, 0.6) is 0 Å². The van der Waals surface area contributed by atoms with Crippen molar-refractivity contribution in [1.29, 1.82) is 0 Å². The number of nitrogens with one attached hydrogen (secondary N) is 1. The predicted molar refractivity (Wildman–Crippen MR) is 67.2 cm³/mol. The third-order valence-electron chi connectivity index (χ3n) is 4.20. The van der Waals surface area contributed by atoms with Gasteiger partial charge in [0, 0.05) is 13.6 Å². The zero-order valence-electron chi connectivity index (χ0n) is 11.3. The first kappa shape index (κ1) is 13.8. The van der Waals surface area contributed by atoms with Gasteiger partial charge in [-0.05, 0) is 25.2 Å². The summed E-state index contributed by atoms with van der Waals surface area (Å²) in [6.45, 7) is 2.59. The minimum atomic E-state index is -0.917. The van der Waals surface area contributed by atoms with Crippen LogP contribution in [0.25, 0.3) is 0 Å². The monoisotopic (exact) mass is 268 g/mol. The fourth-order valence-electron chi connectivity index (χ4n) is 3.09. The normalized spacial score (nSPS) is 34.6. The van der Waals surface area contributed by atoms with E-state index in [0.29, 0.717) is 25.8 Å². The second-order valence-corrected chi connectivity index (χ2v) is 5.74. The Morgan fingerprint density at radius 3 is 2.47 bits per heavy atom. The number of likely N-dealkylation sites (N-methyl/N-ethyl adjacent to an activating group) is 1. The Kier molecular flexibility index (Phi) is 3.78. The molecule has 19 heavy (non-hydrogen) atoms. The van der Waals surface area contributed by atoms with Crippen LogP contribution in [0.4, 0.5) is 0 Å². The summed E-state index contributed by atoms with van der Waals surface area (Å²) in [5, 5.41) is 11.9. The minimum Gasteiger partial charge on any atom is -0.481 e. The molecule has 2 rings (SSSR count). The Balaban J connectivity index is 1.99. The van der Waals surface area contributed by atoms with E-state index in [-0.39, 0.29) is 17.7 Å². The van der Waals surface area contributed by atoms with Gasteiger partial charge in [0.2, 0.25) is 11.8 Å². The van der Waals surface area contributed by atoms with E-state index >= 15 is 0 Å². The summed E-state index contributed by atoms with van der Waals surface area (Å²) in [5.74, 6) is -2.19. The molecule has 2 N–H and O–H groups in total. The molecule has 0 spiro atoms. The second kappa shape index (κ2) is 5.19. The number of carboxylic acid groups (broad SMARTS) is 1. The molecule has 106 valence electrons. The Hall–Kier alpha value is -1.59. The maximum absolute atomic E-state index is 12.2. The highest BCUT2D eigenvalue weighted by atomic mass is 16.4. The maximum Gasteiger partial charge on any atom is 0.307 e. The van der Waals surface area contributed by atoms with E-state index in [0.717, 1.165) is 0 Å². The lowest BCUT2D eigenvalue weighted by Crippen LogP contribution is -2.44. The summed E-state index contributed by atoms with van der Waals surface area (Å²) < 4.78 is 0. The van der Waals surface area contributed by atoms with Crippen LogP contribution in [-0.4, -0.2) is 47.4 Å². The first-order chi connectivity index (χ1) is 8.90. The lowest BCUT2D eigenvalue weighted by molar-refractivity contribution is -0.146. The molecule has 0 aromatic rings. The summed E-state index contributed by atoms with van der Waals surface area (Å²) in [4.78, 5) is 36.6. The van der Waals surface area contributed by atoms with Crippen molar-refractivity contribution in [3.05, 3.63) is 0 Å². The standard InChI is InChI=1S/C13H20N2O4/c1-7-5-8(9(6-7)13(18)19)11(16)14-10-3-4-15(2)12(10)17/h7-10H,3-6H2,1-2H3,(H,14,16)(H,18,19)/t7?,8-,9+,10?/m0/s1. The molecule has 1 saturated heterocycles. The molecule has 2 unspecified atom stereocenters. The summed E-state index contributed by atoms with van der Waals surface area (Å²) in [6.07, 6.45) is 1.71. The molecule has 0 aromatic carbocycles. The van der Waals surface area contributed by atoms with Crippen molar-refractivity contribution >= 4 is 17.8 Å². The third-order valence-corrected chi connectivity index (χ3v) is 4.20. The number of carbonyl (C=O) groups is 3. The quantitative estimate of drug-likeness (QED) is 0.759. The number of carboxylic acids is 1. The van der Waals surface area contributed by atoms with E-state index in [1.807, 2.05) is 6.92 Å². The molecule has 0 radical (unpaired) electrons. The maximum atomic E-state index is 12.2. The highest BCUT2D eigenvalue weighted by molar-refractivity contribution is 5.91. The molecule has 1 saturated carbocycles. The lowest BCUT2D eigenvalue weighted by Gasteiger charge is -2.18. The summed E-state index contributed by atoms with van der Waals surface area (Å²) in [6, 6.07) is -0.483. The van der Waals surface area contributed by atoms with Crippen molar-refractivity contribution in [3.8, 4) is 0 Å². The number of rotatable bonds is 3. The van der Waals surface area contributed by atoms with Gasteiger partial charge in [-0.25, -0.2) is 0 Å². The molecule has 2 aliphatic rings. The summed E-state index contributed by atoms with van der Waals surface area (Å²) in [7, 11) is 1.70. The predicted octanol–water partition coefficient (Wildman–Crippen LogP) is 0.0802. The molecule has 1 aliphatic carbocycles. The molecule has 0 aromatic heterocycles. The van der Waals surface area contributed by atoms with Gasteiger partial charge in [-0.15, -0.1) is 0 Å². The van der Waals surface area contributed by atoms with Gasteiger partial charge in [0.1, 0.15) is 6.04 Å². The van der Waals surface area contributed by atoms with E-state index in [2.05, 4.69) is 5.32 Å². The number of carbonyl (C=O) groups excluding carboxylic acids is 2. The first-order valence-electron chi connectivity index (χ1n) is 6.68. The number of hydrogen-bond donors (Lipinski definition) is 2. The zero-order valence-corrected chi connectivity index (χ0v) is 11.3. The zero-order chi connectivity index (χ0) is 14.2. The van der Waals surface area contributed by atoms with E-state index in [1.165, 1.54) is 0 Å². The van der Waals surface area contributed by atoms with Crippen molar-refractivity contribution < 1.29 is 19.5 Å². The lowest BCUT2D eigenvalue weighted by atomic mass is 9.95. The van der Waals surface area contributed by atoms with Gasteiger partial charge in [-0.2, -0.15) is 0 Å². The van der Waals surface area contributed by atoms with Crippen molar-refractivity contribution in [3.63, 3.8) is 0 Å². The van der Waals surface area contributed by atoms with Crippen LogP contribution in [0, 0.1) is 17.8 Å². The van der Waals surface area contributed by atoms with Crippen molar-refractivity contribution in [2.24, 2.45) is 17.8 Å². The number of amides is 2. The highest BCUT2D eigenvalue weighted by Gasteiger charge is 2.42. The Morgan fingerprint density at radius 2 is 1.95 bits per heavy atom. The molecule has 6 nitrogen and oxygen atoms in total. The average molecular weight is 268 g/mol. The molecular formula is C13H20N2O4. The van der Waals surface area contributed by atoms with Gasteiger partial charge >= 0.3 is 5.97 Å². The second-order valence-electron chi connectivity index (χ2n) is 5.74. The van der Waals surface area contributed by atoms with Gasteiger partial charge in [-0.3, -0.25) is 14.4 Å². The molecular weight excluding hydrogens is 248 g/mol. The van der Waals surface area contributed by atoms with Crippen LogP contribution in [0.15, 0.2) is 0 Å². The largest absolute Gasteiger partial charge is 0.481 e. The molecule has 1 aliphatic heterocycles. The van der Waals surface area contributed by atoms with Gasteiger partial charge in [0.25, 0.3) is 0 Å². The van der Waals surface area contributed by atoms with Crippen molar-refractivity contribution in [2.75, 3.05) is 13.6 Å². The van der Waals surface area contributed by atoms with Crippen LogP contribution in [0.3, 0.4) is 0 Å². The number of nitrogens with zero attached hydrogens (tertiary/aromatic N) is 1. The smallest absolute Gasteiger partial charge is 0.307 e. The molecule has 2 amide bonds. The average Bonchev–Trinajstić information content (AvgIpc) is 2.87. The minimum absolute atomic E-state index is 0.0914. The van der Waals surface area contributed by atoms with Crippen molar-refractivity contribution in [2.45, 2.75) is 32.2 Å². The number of hydrogen-bond acceptors (Lipinski definition) is 3. The van der Waals surface area contributed by atoms with Gasteiger partial charge in [-0.1, -0.05) is 6.92 Å². The summed E-state index contributed by atoms with van der Waals surface area (Å²) in [5.41, 5.74) is 0. The molecule has 6 heteroatoms. The van der Waals surface area contributed by atoms with Crippen LogP contribution >= 0.6 is 0 Å².